The first-order valence-electron chi connectivity index (χ1n) is 3.25. The third-order valence-electron chi connectivity index (χ3n) is 1.53. The van der Waals surface area contributed by atoms with Gasteiger partial charge in [-0.05, 0) is 13.3 Å². The smallest absolute Gasteiger partial charge is 0.0732 e. The lowest BCUT2D eigenvalue weighted by Gasteiger charge is -2.19. The highest BCUT2D eigenvalue weighted by molar-refractivity contribution is 4.67. The highest BCUT2D eigenvalue weighted by atomic mass is 16.5. The van der Waals surface area contributed by atoms with E-state index in [2.05, 4.69) is 12.3 Å². The summed E-state index contributed by atoms with van der Waals surface area (Å²) in [4.78, 5) is 0. The molecule has 0 bridgehead atoms. The second-order valence-electron chi connectivity index (χ2n) is 2.14. The van der Waals surface area contributed by atoms with Crippen LogP contribution in [0.15, 0.2) is 0 Å². The molecule has 0 aromatic rings. The van der Waals surface area contributed by atoms with Gasteiger partial charge in [0.1, 0.15) is 0 Å². The number of nitrogens with one attached hydrogen (secondary N) is 1. The molecule has 3 heteroatoms. The molecule has 0 amide bonds. The lowest BCUT2D eigenvalue weighted by molar-refractivity contribution is 0.0710. The van der Waals surface area contributed by atoms with Crippen LogP contribution in [0.2, 0.25) is 0 Å². The Kier molecular flexibility index (Phi) is 4.67. The van der Waals surface area contributed by atoms with Crippen molar-refractivity contribution in [1.82, 2.24) is 5.43 Å². The minimum absolute atomic E-state index is 0.231. The van der Waals surface area contributed by atoms with Gasteiger partial charge < -0.3 is 4.74 Å². The van der Waals surface area contributed by atoms with Crippen LogP contribution in [-0.4, -0.2) is 19.3 Å². The topological polar surface area (TPSA) is 47.3 Å². The van der Waals surface area contributed by atoms with Crippen molar-refractivity contribution >= 4 is 0 Å². The summed E-state index contributed by atoms with van der Waals surface area (Å²) in [5.74, 6) is 5.19. The van der Waals surface area contributed by atoms with Gasteiger partial charge in [0.2, 0.25) is 0 Å². The standard InChI is InChI=1S/C6H16N2O/c1-4-6(9-3)5(2)8-7/h5-6,8H,4,7H2,1-3H3. The molecule has 0 aromatic heterocycles. The largest absolute Gasteiger partial charge is 0.380 e. The molecule has 0 aliphatic carbocycles. The summed E-state index contributed by atoms with van der Waals surface area (Å²) >= 11 is 0. The van der Waals surface area contributed by atoms with Crippen molar-refractivity contribution in [2.75, 3.05) is 7.11 Å². The Hall–Kier alpha value is -0.120. The fourth-order valence-corrected chi connectivity index (χ4v) is 0.832. The summed E-state index contributed by atoms with van der Waals surface area (Å²) in [6.07, 6.45) is 1.22. The van der Waals surface area contributed by atoms with E-state index in [-0.39, 0.29) is 12.1 Å². The van der Waals surface area contributed by atoms with E-state index in [0.29, 0.717) is 0 Å². The Balaban J connectivity index is 3.50. The number of hydrazine groups is 1. The van der Waals surface area contributed by atoms with Gasteiger partial charge in [-0.3, -0.25) is 11.3 Å². The predicted octanol–water partition coefficient (Wildman–Crippen LogP) is 0.263. The van der Waals surface area contributed by atoms with E-state index in [1.165, 1.54) is 0 Å². The normalized spacial score (nSPS) is 17.3. The first-order chi connectivity index (χ1) is 4.26. The van der Waals surface area contributed by atoms with Crippen LogP contribution in [0.3, 0.4) is 0 Å². The zero-order chi connectivity index (χ0) is 7.28. The molecule has 0 spiro atoms. The molecule has 56 valence electrons. The van der Waals surface area contributed by atoms with Crippen LogP contribution in [0, 0.1) is 0 Å². The quantitative estimate of drug-likeness (QED) is 0.426. The number of nitrogens with two attached hydrogens (primary N) is 1. The Bertz CT molecular complexity index is 64.1. The van der Waals surface area contributed by atoms with Gasteiger partial charge in [-0.25, -0.2) is 0 Å². The number of ether oxygens (including phenoxy) is 1. The van der Waals surface area contributed by atoms with Crippen molar-refractivity contribution in [2.45, 2.75) is 32.4 Å². The van der Waals surface area contributed by atoms with Crippen molar-refractivity contribution < 1.29 is 4.74 Å². The second-order valence-corrected chi connectivity index (χ2v) is 2.14. The first kappa shape index (κ1) is 8.88. The van der Waals surface area contributed by atoms with Crippen molar-refractivity contribution in [2.24, 2.45) is 5.84 Å². The number of rotatable bonds is 4. The highest BCUT2D eigenvalue weighted by Gasteiger charge is 2.11. The second kappa shape index (κ2) is 4.73. The summed E-state index contributed by atoms with van der Waals surface area (Å²) in [6, 6.07) is 0.236. The minimum atomic E-state index is 0.231. The lowest BCUT2D eigenvalue weighted by Crippen LogP contribution is -2.42. The molecule has 0 aliphatic rings. The molecule has 0 rings (SSSR count). The van der Waals surface area contributed by atoms with Gasteiger partial charge in [0.25, 0.3) is 0 Å². The highest BCUT2D eigenvalue weighted by Crippen LogP contribution is 2.00. The minimum Gasteiger partial charge on any atom is -0.380 e. The molecule has 3 nitrogen and oxygen atoms in total. The van der Waals surface area contributed by atoms with E-state index in [9.17, 15) is 0 Å². The van der Waals surface area contributed by atoms with E-state index in [0.717, 1.165) is 6.42 Å². The maximum absolute atomic E-state index is 5.19. The molecule has 0 radical (unpaired) electrons. The molecule has 0 heterocycles. The molecule has 2 unspecified atom stereocenters. The summed E-state index contributed by atoms with van der Waals surface area (Å²) in [6.45, 7) is 4.07. The third-order valence-corrected chi connectivity index (χ3v) is 1.53. The molecular formula is C6H16N2O. The van der Waals surface area contributed by atoms with E-state index in [1.54, 1.807) is 7.11 Å². The van der Waals surface area contributed by atoms with Crippen LogP contribution in [-0.2, 0) is 4.74 Å². The van der Waals surface area contributed by atoms with Crippen LogP contribution in [0.25, 0.3) is 0 Å². The van der Waals surface area contributed by atoms with Gasteiger partial charge in [0.05, 0.1) is 6.10 Å². The van der Waals surface area contributed by atoms with Crippen molar-refractivity contribution in [3.63, 3.8) is 0 Å². The molecule has 2 atom stereocenters. The summed E-state index contributed by atoms with van der Waals surface area (Å²) < 4.78 is 5.11. The Morgan fingerprint density at radius 2 is 2.22 bits per heavy atom. The molecule has 0 fully saturated rings. The number of hydrogen-bond acceptors (Lipinski definition) is 3. The molecule has 3 N–H and O–H groups in total. The average molecular weight is 132 g/mol. The van der Waals surface area contributed by atoms with Crippen LogP contribution >= 0.6 is 0 Å². The SMILES string of the molecule is CCC(OC)C(C)NN. The van der Waals surface area contributed by atoms with Crippen LogP contribution < -0.4 is 11.3 Å². The van der Waals surface area contributed by atoms with Crippen LogP contribution in [0.1, 0.15) is 20.3 Å². The summed E-state index contributed by atoms with van der Waals surface area (Å²) in [7, 11) is 1.70. The maximum atomic E-state index is 5.19. The Labute approximate surface area is 56.5 Å². The molecule has 9 heavy (non-hydrogen) atoms. The van der Waals surface area contributed by atoms with Gasteiger partial charge in [0.15, 0.2) is 0 Å². The van der Waals surface area contributed by atoms with Crippen molar-refractivity contribution in [3.05, 3.63) is 0 Å². The Morgan fingerprint density at radius 1 is 1.67 bits per heavy atom. The Morgan fingerprint density at radius 3 is 2.33 bits per heavy atom. The van der Waals surface area contributed by atoms with Gasteiger partial charge >= 0.3 is 0 Å². The summed E-state index contributed by atoms with van der Waals surface area (Å²) in [5.41, 5.74) is 2.64. The van der Waals surface area contributed by atoms with E-state index in [4.69, 9.17) is 10.6 Å². The fraction of sp³-hybridized carbons (Fsp3) is 1.00. The zero-order valence-corrected chi connectivity index (χ0v) is 6.35. The van der Waals surface area contributed by atoms with Crippen LogP contribution in [0.5, 0.6) is 0 Å². The number of methoxy groups -OCH3 is 1. The number of hydrogen-bond donors (Lipinski definition) is 2. The maximum Gasteiger partial charge on any atom is 0.0732 e. The molecule has 0 saturated heterocycles. The molecule has 0 aromatic carbocycles. The predicted molar refractivity (Wildman–Crippen MR) is 37.9 cm³/mol. The van der Waals surface area contributed by atoms with Gasteiger partial charge in [0, 0.05) is 13.2 Å². The summed E-state index contributed by atoms with van der Waals surface area (Å²) in [5, 5.41) is 0. The van der Waals surface area contributed by atoms with E-state index >= 15 is 0 Å². The van der Waals surface area contributed by atoms with E-state index in [1.807, 2.05) is 6.92 Å². The third kappa shape index (κ3) is 2.79. The molecule has 0 saturated carbocycles. The van der Waals surface area contributed by atoms with Gasteiger partial charge in [-0.2, -0.15) is 0 Å². The first-order valence-corrected chi connectivity index (χ1v) is 3.25. The lowest BCUT2D eigenvalue weighted by atomic mass is 10.1. The van der Waals surface area contributed by atoms with Crippen molar-refractivity contribution in [3.8, 4) is 0 Å². The van der Waals surface area contributed by atoms with Crippen molar-refractivity contribution in [1.29, 1.82) is 0 Å². The molecule has 0 aliphatic heterocycles. The average Bonchev–Trinajstić information content (AvgIpc) is 1.90. The van der Waals surface area contributed by atoms with Gasteiger partial charge in [-0.15, -0.1) is 0 Å². The fourth-order valence-electron chi connectivity index (χ4n) is 0.832. The zero-order valence-electron chi connectivity index (χ0n) is 6.35. The van der Waals surface area contributed by atoms with Crippen LogP contribution in [0.4, 0.5) is 0 Å². The molecular weight excluding hydrogens is 116 g/mol. The monoisotopic (exact) mass is 132 g/mol. The van der Waals surface area contributed by atoms with E-state index < -0.39 is 0 Å². The van der Waals surface area contributed by atoms with Gasteiger partial charge in [-0.1, -0.05) is 6.92 Å².